The number of rotatable bonds is 12. The van der Waals surface area contributed by atoms with Crippen LogP contribution >= 0.6 is 0 Å². The van der Waals surface area contributed by atoms with Gasteiger partial charge < -0.3 is 5.11 Å². The predicted molar refractivity (Wildman–Crippen MR) is 335 cm³/mol. The Bertz CT molecular complexity index is 4050. The fourth-order valence-electron chi connectivity index (χ4n) is 12.1. The summed E-state index contributed by atoms with van der Waals surface area (Å²) in [5.41, 5.74) is 18.3. The van der Waals surface area contributed by atoms with Crippen LogP contribution in [0.2, 0.25) is 0 Å². The van der Waals surface area contributed by atoms with Crippen molar-refractivity contribution in [3.63, 3.8) is 0 Å². The second kappa shape index (κ2) is 21.2. The van der Waals surface area contributed by atoms with Crippen LogP contribution in [0.4, 0.5) is 0 Å². The van der Waals surface area contributed by atoms with Crippen molar-refractivity contribution >= 4 is 11.0 Å². The maximum absolute atomic E-state index is 12.8. The van der Waals surface area contributed by atoms with Gasteiger partial charge in [0, 0.05) is 36.6 Å². The first-order valence-electron chi connectivity index (χ1n) is 29.5. The van der Waals surface area contributed by atoms with Gasteiger partial charge in [0.05, 0.1) is 28.0 Å². The number of aromatic nitrogens is 3. The molecule has 0 saturated heterocycles. The summed E-state index contributed by atoms with van der Waals surface area (Å²) in [6.45, 7) is 15.4. The number of nitrogens with zero attached hydrogens (tertiary/aromatic N) is 3. The minimum absolute atomic E-state index is 0.0509. The van der Waals surface area contributed by atoms with Crippen molar-refractivity contribution < 1.29 is 7.85 Å². The highest BCUT2D eigenvalue weighted by Crippen LogP contribution is 2.47. The van der Waals surface area contributed by atoms with E-state index in [0.29, 0.717) is 17.0 Å². The number of hydrogen-bond acceptors (Lipinski definition) is 3. The molecule has 0 spiro atoms. The Kier molecular flexibility index (Phi) is 13.2. The normalized spacial score (nSPS) is 13.8. The molecule has 9 aromatic carbocycles. The van der Waals surface area contributed by atoms with Crippen LogP contribution in [-0.2, 0) is 22.6 Å². The van der Waals surface area contributed by atoms with E-state index in [1.54, 1.807) is 0 Å². The Labute approximate surface area is 476 Å². The summed E-state index contributed by atoms with van der Waals surface area (Å²) >= 11 is 0. The number of phenols is 1. The predicted octanol–water partition coefficient (Wildman–Crippen LogP) is 19.8. The van der Waals surface area contributed by atoms with E-state index < -0.39 is 6.37 Å². The molecule has 0 aliphatic heterocycles. The molecule has 0 unspecified atom stereocenters. The molecule has 11 aromatic rings. The van der Waals surface area contributed by atoms with Crippen LogP contribution in [0, 0.1) is 5.92 Å². The molecular formula is C76H71N3O. The molecule has 396 valence electrons. The summed E-state index contributed by atoms with van der Waals surface area (Å²) in [6.07, 6.45) is 4.25. The molecule has 1 aliphatic carbocycles. The molecule has 0 bridgehead atoms. The zero-order valence-electron chi connectivity index (χ0n) is 49.1. The van der Waals surface area contributed by atoms with Crippen molar-refractivity contribution in [1.82, 2.24) is 14.5 Å². The van der Waals surface area contributed by atoms with E-state index >= 15 is 0 Å². The highest BCUT2D eigenvalue weighted by atomic mass is 16.3. The fraction of sp³-hybridized carbons (Fsp3) is 0.211. The van der Waals surface area contributed by atoms with E-state index in [2.05, 4.69) is 253 Å². The topological polar surface area (TPSA) is 50.9 Å². The summed E-state index contributed by atoms with van der Waals surface area (Å²) in [4.78, 5) is 10.8. The van der Waals surface area contributed by atoms with Gasteiger partial charge in [0.1, 0.15) is 11.6 Å². The van der Waals surface area contributed by atoms with Gasteiger partial charge in [-0.1, -0.05) is 237 Å². The first-order valence-corrected chi connectivity index (χ1v) is 28.5. The molecule has 2 aromatic heterocycles. The lowest BCUT2D eigenvalue weighted by Gasteiger charge is -2.32. The molecule has 4 nitrogen and oxygen atoms in total. The average molecular weight is 1040 g/mol. The van der Waals surface area contributed by atoms with E-state index in [1.165, 1.54) is 16.7 Å². The van der Waals surface area contributed by atoms with E-state index in [9.17, 15) is 7.85 Å². The van der Waals surface area contributed by atoms with Crippen molar-refractivity contribution in [3.8, 4) is 78.6 Å². The van der Waals surface area contributed by atoms with Gasteiger partial charge in [0.2, 0.25) is 0 Å². The Morgan fingerprint density at radius 1 is 0.475 bits per heavy atom. The quantitative estimate of drug-likeness (QED) is 0.124. The van der Waals surface area contributed by atoms with Crippen LogP contribution in [0.15, 0.2) is 231 Å². The maximum atomic E-state index is 12.8. The SMILES string of the molecule is [2H]C([2H])(c1ccc(-n2c(-c3cc(C(C)(C)C)cc(C(C)(C)C)c3O)nc3c(-c4cc(-c5ccccc5)cc(-c5cc(-c6ccc(C(C)(c7ccccc7)c7ccccc7)cc6)ccn5)c4)cccc32)c(-c2ccccc2)c1)C1CCCC1. The average Bonchev–Trinajstić information content (AvgIpc) is 2.74. The van der Waals surface area contributed by atoms with Crippen molar-refractivity contribution in [2.24, 2.45) is 5.92 Å². The summed E-state index contributed by atoms with van der Waals surface area (Å²) in [5.74, 6) is 0.752. The first-order chi connectivity index (χ1) is 39.5. The third-order valence-electron chi connectivity index (χ3n) is 16.7. The summed E-state index contributed by atoms with van der Waals surface area (Å²) in [6, 6.07) is 79.3. The number of para-hydroxylation sites is 1. The lowest BCUT2D eigenvalue weighted by atomic mass is 9.71. The molecule has 12 rings (SSSR count). The summed E-state index contributed by atoms with van der Waals surface area (Å²) in [5, 5.41) is 12.8. The van der Waals surface area contributed by atoms with E-state index in [1.807, 2.05) is 30.5 Å². The Hall–Kier alpha value is -8.60. The third-order valence-corrected chi connectivity index (χ3v) is 16.7. The number of hydrogen-bond donors (Lipinski definition) is 1. The van der Waals surface area contributed by atoms with E-state index in [0.717, 1.165) is 109 Å². The molecule has 0 atom stereocenters. The van der Waals surface area contributed by atoms with E-state index in [4.69, 9.17) is 9.97 Å². The van der Waals surface area contributed by atoms with Crippen molar-refractivity contribution in [1.29, 1.82) is 0 Å². The number of pyridine rings is 1. The van der Waals surface area contributed by atoms with Crippen LogP contribution in [0.5, 0.6) is 5.75 Å². The van der Waals surface area contributed by atoms with Gasteiger partial charge in [-0.2, -0.15) is 0 Å². The van der Waals surface area contributed by atoms with E-state index in [-0.39, 0.29) is 27.9 Å². The Morgan fingerprint density at radius 3 is 1.70 bits per heavy atom. The van der Waals surface area contributed by atoms with Gasteiger partial charge in [0.25, 0.3) is 0 Å². The Balaban J connectivity index is 1.05. The van der Waals surface area contributed by atoms with Crippen LogP contribution in [0.1, 0.15) is 110 Å². The number of phenolic OH excluding ortho intramolecular Hbond substituents is 1. The van der Waals surface area contributed by atoms with Crippen LogP contribution < -0.4 is 0 Å². The highest BCUT2D eigenvalue weighted by Gasteiger charge is 2.32. The molecule has 1 saturated carbocycles. The minimum Gasteiger partial charge on any atom is -0.507 e. The molecule has 4 heteroatoms. The first kappa shape index (κ1) is 49.7. The van der Waals surface area contributed by atoms with Gasteiger partial charge in [0.15, 0.2) is 0 Å². The molecule has 1 aliphatic rings. The largest absolute Gasteiger partial charge is 0.507 e. The van der Waals surface area contributed by atoms with Gasteiger partial charge in [-0.05, 0) is 146 Å². The van der Waals surface area contributed by atoms with Crippen molar-refractivity contribution in [2.75, 3.05) is 0 Å². The Morgan fingerprint density at radius 2 is 1.06 bits per heavy atom. The second-order valence-electron chi connectivity index (χ2n) is 24.1. The molecule has 2 heterocycles. The number of imidazole rings is 1. The summed E-state index contributed by atoms with van der Waals surface area (Å²) in [7, 11) is 0. The van der Waals surface area contributed by atoms with Crippen molar-refractivity contribution in [3.05, 3.63) is 264 Å². The minimum atomic E-state index is -1.51. The summed E-state index contributed by atoms with van der Waals surface area (Å²) < 4.78 is 21.4. The molecule has 1 N–H and O–H groups in total. The zero-order chi connectivity index (χ0) is 57.0. The zero-order valence-corrected chi connectivity index (χ0v) is 47.1. The van der Waals surface area contributed by atoms with Crippen molar-refractivity contribution in [2.45, 2.75) is 96.8 Å². The van der Waals surface area contributed by atoms with Crippen LogP contribution in [0.3, 0.4) is 0 Å². The fourth-order valence-corrected chi connectivity index (χ4v) is 12.1. The monoisotopic (exact) mass is 1040 g/mol. The number of benzene rings is 9. The van der Waals surface area contributed by atoms with Crippen LogP contribution in [-0.4, -0.2) is 19.6 Å². The maximum Gasteiger partial charge on any atom is 0.149 e. The van der Waals surface area contributed by atoms with Gasteiger partial charge in [-0.25, -0.2) is 4.98 Å². The molecule has 0 radical (unpaired) electrons. The highest BCUT2D eigenvalue weighted by molar-refractivity contribution is 5.98. The lowest BCUT2D eigenvalue weighted by Crippen LogP contribution is -2.25. The standard InChI is InChI=1S/C76H71N3O/c1-74(2,3)63-49-66(72(80)67(50-63)75(4,5)6)73-78-71-64(33-22-34-70(71)79(73)69-40-35-52(43-51-23-20-21-24-51)44-65(69)55-27-14-9-15-28-55)58-45-57(53-25-12-8-13-26-53)46-59(47-58)68-48-56(41-42-77-68)54-36-38-62(39-37-54)76(7,60-29-16-10-17-30-60)61-31-18-11-19-32-61/h8-19,22,25-42,44-51,80H,20-21,23-24,43H2,1-7H3/i43D2. The number of fused-ring (bicyclic) bond motifs is 1. The number of aromatic hydroxyl groups is 1. The molecule has 80 heavy (non-hydrogen) atoms. The smallest absolute Gasteiger partial charge is 0.149 e. The third kappa shape index (κ3) is 10.1. The molecule has 1 fully saturated rings. The van der Waals surface area contributed by atoms with Gasteiger partial charge >= 0.3 is 0 Å². The van der Waals surface area contributed by atoms with Gasteiger partial charge in [-0.3, -0.25) is 9.55 Å². The molecular weight excluding hydrogens is 971 g/mol. The lowest BCUT2D eigenvalue weighted by molar-refractivity contribution is 0.446. The second-order valence-corrected chi connectivity index (χ2v) is 24.1. The van der Waals surface area contributed by atoms with Gasteiger partial charge in [-0.15, -0.1) is 0 Å². The van der Waals surface area contributed by atoms with Crippen LogP contribution in [0.25, 0.3) is 83.9 Å². The molecule has 0 amide bonds.